The highest BCUT2D eigenvalue weighted by atomic mass is 16.5. The van der Waals surface area contributed by atoms with Crippen LogP contribution < -0.4 is 10.6 Å². The first-order valence-electron chi connectivity index (χ1n) is 9.05. The molecule has 0 saturated carbocycles. The smallest absolute Gasteiger partial charge is 0.277 e. The Morgan fingerprint density at radius 1 is 1.14 bits per heavy atom. The Kier molecular flexibility index (Phi) is 6.86. The summed E-state index contributed by atoms with van der Waals surface area (Å²) in [7, 11) is 4.42. The third-order valence-electron chi connectivity index (χ3n) is 4.58. The number of carbonyl (C=O) groups excluding carboxylic acids is 3. The van der Waals surface area contributed by atoms with E-state index < -0.39 is 11.8 Å². The summed E-state index contributed by atoms with van der Waals surface area (Å²) >= 11 is 0. The molecule has 1 aromatic carbocycles. The van der Waals surface area contributed by atoms with Crippen molar-refractivity contribution in [3.63, 3.8) is 0 Å². The minimum absolute atomic E-state index is 0.0845. The number of carbonyl (C=O) groups is 3. The van der Waals surface area contributed by atoms with Gasteiger partial charge in [0.2, 0.25) is 11.6 Å². The summed E-state index contributed by atoms with van der Waals surface area (Å²) in [5.74, 6) is -1.12. The third-order valence-corrected chi connectivity index (χ3v) is 4.58. The Morgan fingerprint density at radius 2 is 1.82 bits per heavy atom. The molecule has 28 heavy (non-hydrogen) atoms. The van der Waals surface area contributed by atoms with Crippen molar-refractivity contribution in [2.45, 2.75) is 32.7 Å². The van der Waals surface area contributed by atoms with Gasteiger partial charge >= 0.3 is 0 Å². The van der Waals surface area contributed by atoms with Gasteiger partial charge in [-0.3, -0.25) is 19.3 Å². The van der Waals surface area contributed by atoms with Crippen molar-refractivity contribution in [3.05, 3.63) is 40.9 Å². The van der Waals surface area contributed by atoms with Crippen LogP contribution in [-0.2, 0) is 9.53 Å². The molecule has 0 spiro atoms. The predicted octanol–water partition coefficient (Wildman–Crippen LogP) is 2.34. The SMILES string of the molecule is CCC(CC)N1C(=O)c2cccc(N=N/C(C(=O)NC)=C(/NC)OC)c2C1=O. The maximum Gasteiger partial charge on any atom is 0.277 e. The van der Waals surface area contributed by atoms with Crippen molar-refractivity contribution in [3.8, 4) is 0 Å². The second-order valence-electron chi connectivity index (χ2n) is 6.06. The topological polar surface area (TPSA) is 112 Å². The fourth-order valence-corrected chi connectivity index (χ4v) is 3.09. The molecule has 9 heteroatoms. The van der Waals surface area contributed by atoms with Crippen LogP contribution in [-0.4, -0.2) is 49.9 Å². The summed E-state index contributed by atoms with van der Waals surface area (Å²) < 4.78 is 5.11. The zero-order valence-corrected chi connectivity index (χ0v) is 16.7. The maximum absolute atomic E-state index is 12.9. The van der Waals surface area contributed by atoms with Crippen LogP contribution in [0.3, 0.4) is 0 Å². The molecule has 0 radical (unpaired) electrons. The number of imide groups is 1. The van der Waals surface area contributed by atoms with E-state index in [1.807, 2.05) is 13.8 Å². The van der Waals surface area contributed by atoms with Gasteiger partial charge in [-0.1, -0.05) is 19.9 Å². The van der Waals surface area contributed by atoms with Crippen LogP contribution in [0.15, 0.2) is 40.0 Å². The van der Waals surface area contributed by atoms with Gasteiger partial charge in [0, 0.05) is 20.1 Å². The molecule has 2 N–H and O–H groups in total. The van der Waals surface area contributed by atoms with Crippen molar-refractivity contribution in [2.24, 2.45) is 10.2 Å². The number of azo groups is 1. The first-order chi connectivity index (χ1) is 13.4. The van der Waals surface area contributed by atoms with E-state index in [1.54, 1.807) is 25.2 Å². The molecule has 1 aliphatic heterocycles. The maximum atomic E-state index is 12.9. The highest BCUT2D eigenvalue weighted by molar-refractivity contribution is 6.23. The van der Waals surface area contributed by atoms with Crippen molar-refractivity contribution < 1.29 is 19.1 Å². The van der Waals surface area contributed by atoms with Gasteiger partial charge in [-0.25, -0.2) is 0 Å². The van der Waals surface area contributed by atoms with Gasteiger partial charge < -0.3 is 15.4 Å². The van der Waals surface area contributed by atoms with E-state index in [1.165, 1.54) is 19.1 Å². The number of nitrogens with zero attached hydrogens (tertiary/aromatic N) is 3. The average molecular weight is 387 g/mol. The van der Waals surface area contributed by atoms with E-state index >= 15 is 0 Å². The molecular weight excluding hydrogens is 362 g/mol. The summed E-state index contributed by atoms with van der Waals surface area (Å²) in [5, 5.41) is 13.2. The molecule has 2 rings (SSSR count). The molecule has 0 atom stereocenters. The van der Waals surface area contributed by atoms with E-state index in [0.29, 0.717) is 18.4 Å². The molecule has 0 unspecified atom stereocenters. The summed E-state index contributed by atoms with van der Waals surface area (Å²) in [6, 6.07) is 4.63. The largest absolute Gasteiger partial charge is 0.481 e. The number of benzene rings is 1. The Labute approximate surface area is 163 Å². The van der Waals surface area contributed by atoms with Gasteiger partial charge in [-0.05, 0) is 25.0 Å². The van der Waals surface area contributed by atoms with Crippen LogP contribution in [0.2, 0.25) is 0 Å². The second-order valence-corrected chi connectivity index (χ2v) is 6.06. The van der Waals surface area contributed by atoms with E-state index in [2.05, 4.69) is 20.9 Å². The zero-order chi connectivity index (χ0) is 20.8. The molecule has 1 aromatic rings. The Morgan fingerprint density at radius 3 is 2.36 bits per heavy atom. The van der Waals surface area contributed by atoms with Gasteiger partial charge in [-0.15, -0.1) is 10.2 Å². The fraction of sp³-hybridized carbons (Fsp3) is 0.421. The lowest BCUT2D eigenvalue weighted by molar-refractivity contribution is -0.117. The molecule has 150 valence electrons. The third kappa shape index (κ3) is 3.73. The molecule has 0 bridgehead atoms. The lowest BCUT2D eigenvalue weighted by Crippen LogP contribution is -2.39. The number of hydrogen-bond donors (Lipinski definition) is 2. The van der Waals surface area contributed by atoms with Gasteiger partial charge in [-0.2, -0.15) is 0 Å². The van der Waals surface area contributed by atoms with Crippen molar-refractivity contribution in [1.82, 2.24) is 15.5 Å². The Balaban J connectivity index is 2.51. The highest BCUT2D eigenvalue weighted by Gasteiger charge is 2.40. The average Bonchev–Trinajstić information content (AvgIpc) is 2.97. The van der Waals surface area contributed by atoms with Crippen LogP contribution in [0.25, 0.3) is 0 Å². The van der Waals surface area contributed by atoms with Crippen LogP contribution in [0.1, 0.15) is 47.4 Å². The number of hydrogen-bond acceptors (Lipinski definition) is 7. The van der Waals surface area contributed by atoms with Gasteiger partial charge in [0.25, 0.3) is 17.7 Å². The molecule has 9 nitrogen and oxygen atoms in total. The molecule has 3 amide bonds. The van der Waals surface area contributed by atoms with Crippen molar-refractivity contribution in [2.75, 3.05) is 21.2 Å². The molecule has 0 fully saturated rings. The number of amides is 3. The Hall–Kier alpha value is -3.23. The van der Waals surface area contributed by atoms with Crippen LogP contribution in [0.5, 0.6) is 0 Å². The fourth-order valence-electron chi connectivity index (χ4n) is 3.09. The summed E-state index contributed by atoms with van der Waals surface area (Å²) in [4.78, 5) is 39.1. The monoisotopic (exact) mass is 387 g/mol. The van der Waals surface area contributed by atoms with Crippen LogP contribution in [0, 0.1) is 0 Å². The number of rotatable bonds is 8. The van der Waals surface area contributed by atoms with Gasteiger partial charge in [0.15, 0.2) is 0 Å². The highest BCUT2D eigenvalue weighted by Crippen LogP contribution is 2.33. The number of ether oxygens (including phenoxy) is 1. The molecule has 1 aliphatic rings. The van der Waals surface area contributed by atoms with E-state index in [-0.39, 0.29) is 34.8 Å². The number of methoxy groups -OCH3 is 1. The molecule has 0 aromatic heterocycles. The quantitative estimate of drug-likeness (QED) is 0.308. The van der Waals surface area contributed by atoms with Crippen molar-refractivity contribution in [1.29, 1.82) is 0 Å². The van der Waals surface area contributed by atoms with E-state index in [9.17, 15) is 14.4 Å². The summed E-state index contributed by atoms with van der Waals surface area (Å²) in [5.41, 5.74) is 0.623. The van der Waals surface area contributed by atoms with Crippen molar-refractivity contribution >= 4 is 23.4 Å². The predicted molar refractivity (Wildman–Crippen MR) is 103 cm³/mol. The first kappa shape index (κ1) is 21.1. The minimum Gasteiger partial charge on any atom is -0.481 e. The number of likely N-dealkylation sites (N-methyl/N-ethyl adjacent to an activating group) is 1. The first-order valence-corrected chi connectivity index (χ1v) is 9.05. The standard InChI is InChI=1S/C19H25N5O4/c1-6-11(7-2)24-18(26)12-9-8-10-13(14(12)19(24)27)22-23-15(16(25)20-3)17(21-4)28-5/h8-11,21H,6-7H2,1-5H3,(H,20,25)/b17-15-,23-22?. The molecule has 0 saturated heterocycles. The number of fused-ring (bicyclic) bond motifs is 1. The van der Waals surface area contributed by atoms with Crippen LogP contribution >= 0.6 is 0 Å². The molecule has 1 heterocycles. The normalized spacial score (nSPS) is 14.4. The number of nitrogens with one attached hydrogen (secondary N) is 2. The minimum atomic E-state index is -0.511. The van der Waals surface area contributed by atoms with E-state index in [0.717, 1.165) is 0 Å². The Bertz CT molecular complexity index is 837. The van der Waals surface area contributed by atoms with Gasteiger partial charge in [0.1, 0.15) is 0 Å². The zero-order valence-electron chi connectivity index (χ0n) is 16.7. The van der Waals surface area contributed by atoms with Gasteiger partial charge in [0.05, 0.1) is 23.9 Å². The lowest BCUT2D eigenvalue weighted by Gasteiger charge is -2.23. The van der Waals surface area contributed by atoms with E-state index in [4.69, 9.17) is 4.74 Å². The molecular formula is C19H25N5O4. The lowest BCUT2D eigenvalue weighted by atomic mass is 10.1. The second kappa shape index (κ2) is 9.12. The summed E-state index contributed by atoms with van der Waals surface area (Å²) in [6.45, 7) is 3.87. The molecule has 0 aliphatic carbocycles. The summed E-state index contributed by atoms with van der Waals surface area (Å²) in [6.07, 6.45) is 1.34. The van der Waals surface area contributed by atoms with Crippen LogP contribution in [0.4, 0.5) is 5.69 Å².